The topological polar surface area (TPSA) is 116 Å². The highest BCUT2D eigenvalue weighted by Gasteiger charge is 2.17. The Bertz CT molecular complexity index is 1100. The molecule has 2 fully saturated rings. The van der Waals surface area contributed by atoms with Crippen molar-refractivity contribution >= 4 is 17.3 Å². The number of nitriles is 1. The molecule has 4 N–H and O–H groups in total. The molecule has 2 aliphatic heterocycles. The van der Waals surface area contributed by atoms with E-state index in [0.717, 1.165) is 74.4 Å². The van der Waals surface area contributed by atoms with Crippen LogP contribution in [0.4, 0.5) is 17.3 Å². The van der Waals surface area contributed by atoms with E-state index >= 15 is 0 Å². The third-order valence-corrected chi connectivity index (χ3v) is 6.32. The molecule has 0 aliphatic carbocycles. The summed E-state index contributed by atoms with van der Waals surface area (Å²) in [6, 6.07) is 8.70. The highest BCUT2D eigenvalue weighted by atomic mass is 15.3. The lowest BCUT2D eigenvalue weighted by Crippen LogP contribution is -2.38. The van der Waals surface area contributed by atoms with Gasteiger partial charge >= 0.3 is 0 Å². The number of hydrogen-bond acceptors (Lipinski definition) is 8. The third-order valence-electron chi connectivity index (χ3n) is 6.32. The van der Waals surface area contributed by atoms with Crippen molar-refractivity contribution in [1.82, 2.24) is 30.4 Å². The average Bonchev–Trinajstić information content (AvgIpc) is 3.36. The molecule has 170 valence electrons. The summed E-state index contributed by atoms with van der Waals surface area (Å²) in [5.41, 5.74) is 4.26. The first-order valence-electron chi connectivity index (χ1n) is 11.6. The normalized spacial score (nSPS) is 19.1. The second-order valence-corrected chi connectivity index (χ2v) is 8.67. The molecule has 0 amide bonds. The van der Waals surface area contributed by atoms with Crippen molar-refractivity contribution in [3.63, 3.8) is 0 Å². The zero-order valence-electron chi connectivity index (χ0n) is 18.6. The van der Waals surface area contributed by atoms with Gasteiger partial charge in [0.05, 0.1) is 23.5 Å². The molecule has 2 saturated heterocycles. The van der Waals surface area contributed by atoms with E-state index in [1.807, 2.05) is 36.8 Å². The standard InChI is InChI=1S/C24H29N9/c25-11-17-3-4-20(10-23(17)31-21-2-1-7-27-15-21)32-24-28-12-18(13-29-24)19-14-30-33(16-19)22-5-8-26-9-6-22/h3-4,10,12-14,16,21-22,26-27,31H,1-2,5-9,15H2,(H,28,29,32). The minimum absolute atomic E-state index is 0.322. The van der Waals surface area contributed by atoms with E-state index in [0.29, 0.717) is 23.6 Å². The van der Waals surface area contributed by atoms with Gasteiger partial charge in [-0.2, -0.15) is 10.4 Å². The van der Waals surface area contributed by atoms with E-state index in [9.17, 15) is 5.26 Å². The van der Waals surface area contributed by atoms with Crippen LogP contribution in [-0.2, 0) is 0 Å². The number of nitrogens with zero attached hydrogens (tertiary/aromatic N) is 5. The van der Waals surface area contributed by atoms with Gasteiger partial charge in [-0.05, 0) is 63.5 Å². The molecule has 33 heavy (non-hydrogen) atoms. The first kappa shape index (κ1) is 21.4. The monoisotopic (exact) mass is 443 g/mol. The first-order chi connectivity index (χ1) is 16.3. The van der Waals surface area contributed by atoms with Gasteiger partial charge in [0.2, 0.25) is 5.95 Å². The van der Waals surface area contributed by atoms with Crippen molar-refractivity contribution < 1.29 is 0 Å². The predicted octanol–water partition coefficient (Wildman–Crippen LogP) is 3.04. The van der Waals surface area contributed by atoms with E-state index in [-0.39, 0.29) is 0 Å². The summed E-state index contributed by atoms with van der Waals surface area (Å²) in [6.45, 7) is 4.03. The van der Waals surface area contributed by atoms with Gasteiger partial charge in [0.1, 0.15) is 6.07 Å². The lowest BCUT2D eigenvalue weighted by molar-refractivity contribution is 0.343. The Balaban J connectivity index is 1.27. The van der Waals surface area contributed by atoms with Crippen LogP contribution in [0.2, 0.25) is 0 Å². The fourth-order valence-electron chi connectivity index (χ4n) is 4.46. The molecule has 2 aliphatic rings. The van der Waals surface area contributed by atoms with E-state index in [1.165, 1.54) is 0 Å². The van der Waals surface area contributed by atoms with Gasteiger partial charge in [-0.3, -0.25) is 4.68 Å². The summed E-state index contributed by atoms with van der Waals surface area (Å²) in [5, 5.41) is 27.6. The van der Waals surface area contributed by atoms with Crippen LogP contribution >= 0.6 is 0 Å². The Kier molecular flexibility index (Phi) is 6.46. The molecule has 4 heterocycles. The number of aromatic nitrogens is 4. The average molecular weight is 444 g/mol. The van der Waals surface area contributed by atoms with Crippen molar-refractivity contribution in [3.05, 3.63) is 48.5 Å². The summed E-state index contributed by atoms with van der Waals surface area (Å²) in [6.07, 6.45) is 12.0. The van der Waals surface area contributed by atoms with Crippen molar-refractivity contribution in [2.45, 2.75) is 37.8 Å². The fraction of sp³-hybridized carbons (Fsp3) is 0.417. The van der Waals surface area contributed by atoms with E-state index in [2.05, 4.69) is 53.3 Å². The third kappa shape index (κ3) is 5.13. The van der Waals surface area contributed by atoms with Gasteiger partial charge in [0.25, 0.3) is 0 Å². The zero-order chi connectivity index (χ0) is 22.5. The Morgan fingerprint density at radius 1 is 1.00 bits per heavy atom. The Labute approximate surface area is 193 Å². The van der Waals surface area contributed by atoms with Gasteiger partial charge < -0.3 is 21.3 Å². The minimum atomic E-state index is 0.322. The zero-order valence-corrected chi connectivity index (χ0v) is 18.6. The van der Waals surface area contributed by atoms with Crippen molar-refractivity contribution in [2.24, 2.45) is 0 Å². The van der Waals surface area contributed by atoms with Crippen LogP contribution in [0.25, 0.3) is 11.1 Å². The molecule has 0 bridgehead atoms. The molecule has 2 aromatic heterocycles. The van der Waals surface area contributed by atoms with E-state index in [4.69, 9.17) is 0 Å². The molecule has 0 saturated carbocycles. The maximum absolute atomic E-state index is 9.49. The van der Waals surface area contributed by atoms with Gasteiger partial charge in [0, 0.05) is 48.0 Å². The summed E-state index contributed by atoms with van der Waals surface area (Å²) in [5.74, 6) is 0.513. The second kappa shape index (κ2) is 9.98. The lowest BCUT2D eigenvalue weighted by atomic mass is 10.1. The number of benzene rings is 1. The van der Waals surface area contributed by atoms with Crippen LogP contribution in [0.5, 0.6) is 0 Å². The molecule has 0 radical (unpaired) electrons. The fourth-order valence-corrected chi connectivity index (χ4v) is 4.46. The van der Waals surface area contributed by atoms with Crippen LogP contribution in [0, 0.1) is 11.3 Å². The van der Waals surface area contributed by atoms with Gasteiger partial charge in [0.15, 0.2) is 0 Å². The highest BCUT2D eigenvalue weighted by molar-refractivity contribution is 5.68. The van der Waals surface area contributed by atoms with Gasteiger partial charge in [-0.1, -0.05) is 0 Å². The molecule has 9 heteroatoms. The van der Waals surface area contributed by atoms with E-state index in [1.54, 1.807) is 0 Å². The number of hydrogen-bond donors (Lipinski definition) is 4. The van der Waals surface area contributed by atoms with Gasteiger partial charge in [-0.15, -0.1) is 0 Å². The Hall–Kier alpha value is -3.48. The summed E-state index contributed by atoms with van der Waals surface area (Å²) < 4.78 is 2.06. The van der Waals surface area contributed by atoms with Crippen LogP contribution in [0.1, 0.15) is 37.3 Å². The SMILES string of the molecule is N#Cc1ccc(Nc2ncc(-c3cnn(C4CCNCC4)c3)cn2)cc1NC1CCCNC1. The number of anilines is 3. The largest absolute Gasteiger partial charge is 0.380 e. The van der Waals surface area contributed by atoms with E-state index < -0.39 is 0 Å². The van der Waals surface area contributed by atoms with Crippen LogP contribution in [0.15, 0.2) is 43.0 Å². The summed E-state index contributed by atoms with van der Waals surface area (Å²) in [4.78, 5) is 8.99. The maximum atomic E-state index is 9.49. The lowest BCUT2D eigenvalue weighted by Gasteiger charge is -2.25. The molecular formula is C24H29N9. The molecule has 0 spiro atoms. The highest BCUT2D eigenvalue weighted by Crippen LogP contribution is 2.26. The number of rotatable bonds is 6. The maximum Gasteiger partial charge on any atom is 0.227 e. The quantitative estimate of drug-likeness (QED) is 0.459. The first-order valence-corrected chi connectivity index (χ1v) is 11.6. The summed E-state index contributed by atoms with van der Waals surface area (Å²) >= 11 is 0. The molecule has 1 aromatic carbocycles. The van der Waals surface area contributed by atoms with Gasteiger partial charge in [-0.25, -0.2) is 9.97 Å². The number of nitrogens with one attached hydrogen (secondary N) is 4. The molecule has 9 nitrogen and oxygen atoms in total. The second-order valence-electron chi connectivity index (χ2n) is 8.67. The van der Waals surface area contributed by atoms with Crippen LogP contribution < -0.4 is 21.3 Å². The molecule has 3 aromatic rings. The summed E-state index contributed by atoms with van der Waals surface area (Å²) in [7, 11) is 0. The Morgan fingerprint density at radius 3 is 2.61 bits per heavy atom. The minimum Gasteiger partial charge on any atom is -0.380 e. The van der Waals surface area contributed by atoms with Crippen molar-refractivity contribution in [3.8, 4) is 17.2 Å². The molecule has 1 atom stereocenters. The number of piperidine rings is 2. The molecular weight excluding hydrogens is 414 g/mol. The van der Waals surface area contributed by atoms with Crippen molar-refractivity contribution in [2.75, 3.05) is 36.8 Å². The van der Waals surface area contributed by atoms with Crippen LogP contribution in [-0.4, -0.2) is 52.0 Å². The Morgan fingerprint density at radius 2 is 1.85 bits per heavy atom. The predicted molar refractivity (Wildman–Crippen MR) is 128 cm³/mol. The molecule has 1 unspecified atom stereocenters. The molecule has 5 rings (SSSR count). The van der Waals surface area contributed by atoms with Crippen LogP contribution in [0.3, 0.4) is 0 Å². The smallest absolute Gasteiger partial charge is 0.227 e. The van der Waals surface area contributed by atoms with Crippen molar-refractivity contribution in [1.29, 1.82) is 5.26 Å².